The summed E-state index contributed by atoms with van der Waals surface area (Å²) in [5.41, 5.74) is 5.32. The second kappa shape index (κ2) is 8.91. The molecule has 0 fully saturated rings. The van der Waals surface area contributed by atoms with Crippen LogP contribution in [0.3, 0.4) is 0 Å². The Morgan fingerprint density at radius 3 is 2.53 bits per heavy atom. The number of anilines is 1. The van der Waals surface area contributed by atoms with E-state index in [1.54, 1.807) is 4.90 Å². The molecule has 0 saturated carbocycles. The minimum absolute atomic E-state index is 0.148. The fraction of sp³-hybridized carbons (Fsp3) is 0.185. The summed E-state index contributed by atoms with van der Waals surface area (Å²) in [6.07, 6.45) is 0. The van der Waals surface area contributed by atoms with Gasteiger partial charge in [0.2, 0.25) is 5.91 Å². The lowest BCUT2D eigenvalue weighted by Crippen LogP contribution is -2.41. The van der Waals surface area contributed by atoms with Gasteiger partial charge in [0.25, 0.3) is 5.91 Å². The molecule has 6 nitrogen and oxygen atoms in total. The van der Waals surface area contributed by atoms with E-state index < -0.39 is 11.3 Å². The molecule has 0 aromatic heterocycles. The largest absolute Gasteiger partial charge is 0.325 e. The highest BCUT2D eigenvalue weighted by Gasteiger charge is 2.42. The zero-order valence-corrected chi connectivity index (χ0v) is 20.0. The fourth-order valence-electron chi connectivity index (χ4n) is 4.01. The first-order valence-electron chi connectivity index (χ1n) is 11.1. The fourth-order valence-corrected chi connectivity index (χ4v) is 4.93. The van der Waals surface area contributed by atoms with E-state index in [1.807, 2.05) is 93.6 Å². The summed E-state index contributed by atoms with van der Waals surface area (Å²) in [7, 11) is 0. The van der Waals surface area contributed by atoms with E-state index in [1.165, 1.54) is 11.8 Å². The van der Waals surface area contributed by atoms with Crippen LogP contribution < -0.4 is 5.32 Å². The van der Waals surface area contributed by atoms with E-state index in [0.717, 1.165) is 33.6 Å². The number of para-hydroxylation sites is 1. The number of fused-ring (bicyclic) bond motifs is 3. The maximum Gasteiger partial charge on any atom is 0.263 e. The maximum atomic E-state index is 13.5. The Labute approximate surface area is 202 Å². The van der Waals surface area contributed by atoms with Crippen LogP contribution >= 0.6 is 11.8 Å². The minimum atomic E-state index is -0.632. The molecule has 0 spiro atoms. The predicted octanol–water partition coefficient (Wildman–Crippen LogP) is 5.40. The lowest BCUT2D eigenvalue weighted by Gasteiger charge is -2.27. The summed E-state index contributed by atoms with van der Waals surface area (Å²) < 4.78 is 0. The van der Waals surface area contributed by atoms with Crippen molar-refractivity contribution in [2.24, 2.45) is 9.98 Å². The number of carbonyl (C=O) groups excluding carboxylic acids is 2. The standard InChI is InChI=1S/C27H24N4O2S/c1-16-10-9-15-21(17(16)2)28-25(32)18(3)34-27-29-22-14-8-7-13-20(22)24-30-23(26(33)31(24)27)19-11-5-4-6-12-19/h4-15,18,23H,1-3H3,(H,28,32)/t18-,23+/m1/s1. The van der Waals surface area contributed by atoms with Gasteiger partial charge < -0.3 is 5.32 Å². The number of thioether (sulfide) groups is 1. The number of benzene rings is 3. The SMILES string of the molecule is Cc1cccc(NC(=O)[C@@H](C)SC2=Nc3ccccc3C3=N[C@@H](c4ccccc4)C(=O)N23)c1C. The number of nitrogens with one attached hydrogen (secondary N) is 1. The summed E-state index contributed by atoms with van der Waals surface area (Å²) in [4.78, 5) is 37.6. The zero-order valence-electron chi connectivity index (χ0n) is 19.1. The number of aliphatic imine (C=N–C) groups is 2. The Morgan fingerprint density at radius 2 is 1.74 bits per heavy atom. The number of carbonyl (C=O) groups is 2. The Morgan fingerprint density at radius 1 is 1.00 bits per heavy atom. The highest BCUT2D eigenvalue weighted by molar-refractivity contribution is 8.15. The second-order valence-electron chi connectivity index (χ2n) is 8.35. The van der Waals surface area contributed by atoms with Crippen molar-refractivity contribution >= 4 is 46.0 Å². The van der Waals surface area contributed by atoms with Gasteiger partial charge in [0.05, 0.1) is 10.9 Å². The van der Waals surface area contributed by atoms with Crippen molar-refractivity contribution < 1.29 is 9.59 Å². The third-order valence-corrected chi connectivity index (χ3v) is 7.15. The van der Waals surface area contributed by atoms with Gasteiger partial charge in [0, 0.05) is 11.3 Å². The van der Waals surface area contributed by atoms with Crippen LogP contribution in [-0.2, 0) is 9.59 Å². The molecule has 7 heteroatoms. The summed E-state index contributed by atoms with van der Waals surface area (Å²) >= 11 is 1.26. The Balaban J connectivity index is 1.44. The van der Waals surface area contributed by atoms with Crippen molar-refractivity contribution in [3.8, 4) is 0 Å². The molecule has 3 aromatic carbocycles. The van der Waals surface area contributed by atoms with E-state index in [-0.39, 0.29) is 11.8 Å². The zero-order chi connectivity index (χ0) is 23.8. The molecule has 2 heterocycles. The van der Waals surface area contributed by atoms with Crippen molar-refractivity contribution in [3.05, 3.63) is 95.1 Å². The van der Waals surface area contributed by atoms with E-state index in [9.17, 15) is 9.59 Å². The average Bonchev–Trinajstić information content (AvgIpc) is 3.20. The molecule has 0 bridgehead atoms. The van der Waals surface area contributed by atoms with Gasteiger partial charge in [-0.2, -0.15) is 0 Å². The molecule has 0 saturated heterocycles. The smallest absolute Gasteiger partial charge is 0.263 e. The first kappa shape index (κ1) is 22.1. The predicted molar refractivity (Wildman–Crippen MR) is 138 cm³/mol. The quantitative estimate of drug-likeness (QED) is 0.558. The number of hydrogen-bond donors (Lipinski definition) is 1. The van der Waals surface area contributed by atoms with Crippen LogP contribution in [0.25, 0.3) is 0 Å². The number of aryl methyl sites for hydroxylation is 1. The molecule has 2 aliphatic heterocycles. The molecule has 5 rings (SSSR count). The number of hydrogen-bond acceptors (Lipinski definition) is 5. The first-order valence-corrected chi connectivity index (χ1v) is 12.0. The maximum absolute atomic E-state index is 13.5. The highest BCUT2D eigenvalue weighted by Crippen LogP contribution is 2.38. The molecule has 3 aromatic rings. The number of nitrogens with zero attached hydrogens (tertiary/aromatic N) is 3. The van der Waals surface area contributed by atoms with Crippen molar-refractivity contribution in [1.29, 1.82) is 0 Å². The summed E-state index contributed by atoms with van der Waals surface area (Å²) in [5.74, 6) is 0.267. The normalized spacial score (nSPS) is 17.4. The molecule has 34 heavy (non-hydrogen) atoms. The summed E-state index contributed by atoms with van der Waals surface area (Å²) in [5, 5.41) is 3.00. The molecule has 2 amide bonds. The molecule has 2 atom stereocenters. The molecule has 0 radical (unpaired) electrons. The minimum Gasteiger partial charge on any atom is -0.325 e. The van der Waals surface area contributed by atoms with Gasteiger partial charge in [-0.05, 0) is 55.7 Å². The second-order valence-corrected chi connectivity index (χ2v) is 9.66. The third kappa shape index (κ3) is 3.92. The van der Waals surface area contributed by atoms with Crippen LogP contribution in [0.4, 0.5) is 11.4 Å². The van der Waals surface area contributed by atoms with Crippen molar-refractivity contribution in [3.63, 3.8) is 0 Å². The van der Waals surface area contributed by atoms with Crippen LogP contribution in [0.15, 0.2) is 82.8 Å². The summed E-state index contributed by atoms with van der Waals surface area (Å²) in [6.45, 7) is 5.82. The number of rotatable bonds is 4. The van der Waals surface area contributed by atoms with Crippen LogP contribution in [0, 0.1) is 13.8 Å². The highest BCUT2D eigenvalue weighted by atomic mass is 32.2. The first-order chi connectivity index (χ1) is 16.4. The van der Waals surface area contributed by atoms with Gasteiger partial charge in [-0.15, -0.1) is 0 Å². The van der Waals surface area contributed by atoms with Gasteiger partial charge in [-0.3, -0.25) is 9.59 Å². The molecular formula is C27H24N4O2S. The van der Waals surface area contributed by atoms with Gasteiger partial charge in [-0.1, -0.05) is 66.4 Å². The Kier molecular flexibility index (Phi) is 5.79. The lowest BCUT2D eigenvalue weighted by atomic mass is 10.1. The van der Waals surface area contributed by atoms with Crippen molar-refractivity contribution in [2.75, 3.05) is 5.32 Å². The van der Waals surface area contributed by atoms with E-state index in [0.29, 0.717) is 11.0 Å². The van der Waals surface area contributed by atoms with Crippen LogP contribution in [0.5, 0.6) is 0 Å². The van der Waals surface area contributed by atoms with E-state index in [4.69, 9.17) is 9.98 Å². The topological polar surface area (TPSA) is 74.1 Å². The Hall–Kier alpha value is -3.71. The van der Waals surface area contributed by atoms with Crippen molar-refractivity contribution in [2.45, 2.75) is 32.1 Å². The van der Waals surface area contributed by atoms with Gasteiger partial charge >= 0.3 is 0 Å². The van der Waals surface area contributed by atoms with E-state index in [2.05, 4.69) is 5.32 Å². The Bertz CT molecular complexity index is 1350. The lowest BCUT2D eigenvalue weighted by molar-refractivity contribution is -0.124. The summed E-state index contributed by atoms with van der Waals surface area (Å²) in [6, 6.07) is 22.4. The molecule has 0 unspecified atom stereocenters. The van der Waals surface area contributed by atoms with Crippen LogP contribution in [-0.4, -0.2) is 33.0 Å². The van der Waals surface area contributed by atoms with Crippen LogP contribution in [0.2, 0.25) is 0 Å². The molecule has 1 N–H and O–H groups in total. The van der Waals surface area contributed by atoms with Gasteiger partial charge in [-0.25, -0.2) is 14.9 Å². The van der Waals surface area contributed by atoms with Gasteiger partial charge in [0.1, 0.15) is 5.84 Å². The molecule has 0 aliphatic carbocycles. The van der Waals surface area contributed by atoms with E-state index >= 15 is 0 Å². The number of amidine groups is 2. The molecule has 170 valence electrons. The third-order valence-electron chi connectivity index (χ3n) is 6.10. The van der Waals surface area contributed by atoms with Crippen LogP contribution in [0.1, 0.15) is 35.2 Å². The van der Waals surface area contributed by atoms with Crippen molar-refractivity contribution in [1.82, 2.24) is 4.90 Å². The monoisotopic (exact) mass is 468 g/mol. The molecule has 2 aliphatic rings. The average molecular weight is 469 g/mol. The number of amides is 2. The van der Waals surface area contributed by atoms with Gasteiger partial charge in [0.15, 0.2) is 11.2 Å². The molecular weight excluding hydrogens is 444 g/mol.